The molecule has 0 bridgehead atoms. The van der Waals surface area contributed by atoms with Gasteiger partial charge in [-0.15, -0.1) is 0 Å². The molecule has 0 unspecified atom stereocenters. The maximum atomic E-state index is 12.2. The number of rotatable bonds is 5. The lowest BCUT2D eigenvalue weighted by atomic mass is 9.95. The second kappa shape index (κ2) is 8.50. The zero-order valence-electron chi connectivity index (χ0n) is 15.0. The molecule has 1 aromatic heterocycles. The van der Waals surface area contributed by atoms with Gasteiger partial charge in [-0.25, -0.2) is 9.78 Å². The van der Waals surface area contributed by atoms with Crippen molar-refractivity contribution in [3.05, 3.63) is 57.8 Å². The van der Waals surface area contributed by atoms with Crippen molar-refractivity contribution < 1.29 is 19.1 Å². The van der Waals surface area contributed by atoms with Gasteiger partial charge in [0.05, 0.1) is 10.6 Å². The van der Waals surface area contributed by atoms with Crippen molar-refractivity contribution in [2.75, 3.05) is 11.9 Å². The van der Waals surface area contributed by atoms with Crippen LogP contribution in [0.2, 0.25) is 10.2 Å². The summed E-state index contributed by atoms with van der Waals surface area (Å²) in [5.41, 5.74) is 0.494. The van der Waals surface area contributed by atoms with E-state index in [9.17, 15) is 14.4 Å². The number of Topliss-reactive ketones (excluding diaryl/α,β-unsaturated/α-hetero) is 1. The number of carbonyl (C=O) groups excluding carboxylic acids is 3. The molecule has 0 spiro atoms. The number of esters is 1. The number of nitrogens with one attached hydrogen (secondary N) is 1. The Kier molecular flexibility index (Phi) is 6.57. The van der Waals surface area contributed by atoms with Crippen LogP contribution in [0.4, 0.5) is 5.69 Å². The average molecular weight is 409 g/mol. The molecule has 2 aromatic rings. The molecule has 0 saturated heterocycles. The van der Waals surface area contributed by atoms with E-state index in [1.807, 2.05) is 0 Å². The van der Waals surface area contributed by atoms with Gasteiger partial charge in [0.1, 0.15) is 5.15 Å². The van der Waals surface area contributed by atoms with Crippen molar-refractivity contribution in [3.63, 3.8) is 0 Å². The fourth-order valence-corrected chi connectivity index (χ4v) is 2.16. The van der Waals surface area contributed by atoms with Crippen LogP contribution in [-0.2, 0) is 9.53 Å². The minimum Gasteiger partial charge on any atom is -0.454 e. The fourth-order valence-electron chi connectivity index (χ4n) is 1.89. The minimum absolute atomic E-state index is 0.0722. The van der Waals surface area contributed by atoms with Crippen molar-refractivity contribution in [2.24, 2.45) is 5.41 Å². The summed E-state index contributed by atoms with van der Waals surface area (Å²) in [6, 6.07) is 7.64. The number of halogens is 2. The highest BCUT2D eigenvalue weighted by Gasteiger charge is 2.21. The number of carbonyl (C=O) groups is 3. The first-order valence-corrected chi connectivity index (χ1v) is 8.76. The number of benzene rings is 1. The first kappa shape index (κ1) is 20.9. The summed E-state index contributed by atoms with van der Waals surface area (Å²) in [6.45, 7) is 4.97. The summed E-state index contributed by atoms with van der Waals surface area (Å²) in [5, 5.41) is 2.95. The third-order valence-corrected chi connectivity index (χ3v) is 4.20. The number of pyridine rings is 1. The summed E-state index contributed by atoms with van der Waals surface area (Å²) in [7, 11) is 0. The van der Waals surface area contributed by atoms with Crippen LogP contribution >= 0.6 is 23.2 Å². The van der Waals surface area contributed by atoms with Gasteiger partial charge in [0.25, 0.3) is 0 Å². The molecular weight excluding hydrogens is 391 g/mol. The number of amides is 1. The summed E-state index contributed by atoms with van der Waals surface area (Å²) < 4.78 is 4.98. The number of hydrogen-bond donors (Lipinski definition) is 1. The zero-order valence-corrected chi connectivity index (χ0v) is 16.5. The van der Waals surface area contributed by atoms with E-state index in [1.165, 1.54) is 12.3 Å². The lowest BCUT2D eigenvalue weighted by Crippen LogP contribution is -2.27. The van der Waals surface area contributed by atoms with Gasteiger partial charge in [0, 0.05) is 22.9 Å². The molecular formula is C19H18Cl2N2O4. The van der Waals surface area contributed by atoms with Gasteiger partial charge in [-0.1, -0.05) is 44.0 Å². The Bertz CT molecular complexity index is 874. The Morgan fingerprint density at radius 3 is 2.26 bits per heavy atom. The Morgan fingerprint density at radius 2 is 1.70 bits per heavy atom. The molecule has 0 atom stereocenters. The van der Waals surface area contributed by atoms with Crippen molar-refractivity contribution in [2.45, 2.75) is 20.8 Å². The van der Waals surface area contributed by atoms with Gasteiger partial charge in [-0.2, -0.15) is 0 Å². The highest BCUT2D eigenvalue weighted by atomic mass is 35.5. The van der Waals surface area contributed by atoms with E-state index in [-0.39, 0.29) is 27.4 Å². The van der Waals surface area contributed by atoms with Crippen LogP contribution in [0.5, 0.6) is 0 Å². The van der Waals surface area contributed by atoms with E-state index in [4.69, 9.17) is 27.9 Å². The average Bonchev–Trinajstić information content (AvgIpc) is 2.61. The molecule has 0 radical (unpaired) electrons. The summed E-state index contributed by atoms with van der Waals surface area (Å²) in [6.07, 6.45) is 1.22. The number of ether oxygens (including phenoxy) is 1. The Labute approximate surface area is 166 Å². The van der Waals surface area contributed by atoms with E-state index < -0.39 is 18.0 Å². The van der Waals surface area contributed by atoms with E-state index in [0.29, 0.717) is 11.3 Å². The molecule has 1 N–H and O–H groups in total. The molecule has 1 heterocycles. The zero-order chi connectivity index (χ0) is 20.2. The molecule has 0 aliphatic rings. The van der Waals surface area contributed by atoms with Gasteiger partial charge in [0.2, 0.25) is 5.91 Å². The molecule has 27 heavy (non-hydrogen) atoms. The van der Waals surface area contributed by atoms with Crippen molar-refractivity contribution in [1.29, 1.82) is 0 Å². The third kappa shape index (κ3) is 5.77. The van der Waals surface area contributed by atoms with Gasteiger partial charge in [-0.3, -0.25) is 9.59 Å². The summed E-state index contributed by atoms with van der Waals surface area (Å²) in [5.74, 6) is -1.25. The maximum absolute atomic E-state index is 12.2. The van der Waals surface area contributed by atoms with Crippen LogP contribution in [0.1, 0.15) is 41.5 Å². The smallest absolute Gasteiger partial charge is 0.340 e. The van der Waals surface area contributed by atoms with E-state index in [0.717, 1.165) is 0 Å². The van der Waals surface area contributed by atoms with E-state index in [1.54, 1.807) is 45.0 Å². The van der Waals surface area contributed by atoms with Gasteiger partial charge in [-0.05, 0) is 30.3 Å². The van der Waals surface area contributed by atoms with Crippen molar-refractivity contribution >= 4 is 46.5 Å². The number of aromatic nitrogens is 1. The van der Waals surface area contributed by atoms with Crippen LogP contribution < -0.4 is 5.32 Å². The monoisotopic (exact) mass is 408 g/mol. The SMILES string of the molecule is CC(C)(C)C(=O)Nc1ccc(C(=O)COC(=O)c2cnc(Cl)c(Cl)c2)cc1. The number of hydrogen-bond acceptors (Lipinski definition) is 5. The number of ketones is 1. The quantitative estimate of drug-likeness (QED) is 0.449. The molecule has 2 rings (SSSR count). The van der Waals surface area contributed by atoms with Crippen LogP contribution in [0.25, 0.3) is 0 Å². The third-order valence-electron chi connectivity index (χ3n) is 3.51. The van der Waals surface area contributed by atoms with Crippen LogP contribution in [0.3, 0.4) is 0 Å². The predicted octanol–water partition coefficient (Wildman–Crippen LogP) is 4.41. The molecule has 1 amide bonds. The minimum atomic E-state index is -0.733. The van der Waals surface area contributed by atoms with Crippen LogP contribution in [-0.4, -0.2) is 29.3 Å². The molecule has 0 saturated carbocycles. The lowest BCUT2D eigenvalue weighted by molar-refractivity contribution is -0.123. The molecule has 1 aromatic carbocycles. The lowest BCUT2D eigenvalue weighted by Gasteiger charge is -2.17. The molecule has 8 heteroatoms. The number of anilines is 1. The predicted molar refractivity (Wildman–Crippen MR) is 103 cm³/mol. The van der Waals surface area contributed by atoms with Crippen molar-refractivity contribution in [1.82, 2.24) is 4.98 Å². The molecule has 0 aliphatic carbocycles. The summed E-state index contributed by atoms with van der Waals surface area (Å²) >= 11 is 11.5. The van der Waals surface area contributed by atoms with E-state index >= 15 is 0 Å². The van der Waals surface area contributed by atoms with E-state index in [2.05, 4.69) is 10.3 Å². The maximum Gasteiger partial charge on any atom is 0.340 e. The Balaban J connectivity index is 1.95. The molecule has 142 valence electrons. The summed E-state index contributed by atoms with van der Waals surface area (Å²) in [4.78, 5) is 39.8. The van der Waals surface area contributed by atoms with Crippen LogP contribution in [0.15, 0.2) is 36.5 Å². The topological polar surface area (TPSA) is 85.4 Å². The molecule has 6 nitrogen and oxygen atoms in total. The van der Waals surface area contributed by atoms with Gasteiger partial charge >= 0.3 is 5.97 Å². The number of nitrogens with zero attached hydrogens (tertiary/aromatic N) is 1. The largest absolute Gasteiger partial charge is 0.454 e. The van der Waals surface area contributed by atoms with Gasteiger partial charge in [0.15, 0.2) is 12.4 Å². The normalized spacial score (nSPS) is 11.0. The highest BCUT2D eigenvalue weighted by molar-refractivity contribution is 6.41. The van der Waals surface area contributed by atoms with Crippen LogP contribution in [0, 0.1) is 5.41 Å². The van der Waals surface area contributed by atoms with Crippen molar-refractivity contribution in [3.8, 4) is 0 Å². The molecule has 0 aliphatic heterocycles. The first-order chi connectivity index (χ1) is 12.6. The fraction of sp³-hybridized carbons (Fsp3) is 0.263. The first-order valence-electron chi connectivity index (χ1n) is 8.01. The Morgan fingerprint density at radius 1 is 1.07 bits per heavy atom. The highest BCUT2D eigenvalue weighted by Crippen LogP contribution is 2.20. The second-order valence-electron chi connectivity index (χ2n) is 6.78. The van der Waals surface area contributed by atoms with Gasteiger partial charge < -0.3 is 10.1 Å². The second-order valence-corrected chi connectivity index (χ2v) is 7.54. The molecule has 0 fully saturated rings. The Hall–Kier alpha value is -2.44. The standard InChI is InChI=1S/C19H18Cl2N2O4/c1-19(2,3)18(26)23-13-6-4-11(5-7-13)15(24)10-27-17(25)12-8-14(20)16(21)22-9-12/h4-9H,10H2,1-3H3,(H,23,26).